The molecule has 34 heavy (non-hydrogen) atoms. The molecular formula is C29H29ClN2O2. The second-order valence-electron chi connectivity index (χ2n) is 8.84. The van der Waals surface area contributed by atoms with E-state index in [1.54, 1.807) is 29.8 Å². The van der Waals surface area contributed by atoms with Crippen LogP contribution in [0.3, 0.4) is 0 Å². The van der Waals surface area contributed by atoms with Crippen molar-refractivity contribution in [3.05, 3.63) is 122 Å². The first-order valence-corrected chi connectivity index (χ1v) is 11.7. The third kappa shape index (κ3) is 5.14. The minimum atomic E-state index is -0.363. The van der Waals surface area contributed by atoms with E-state index in [2.05, 4.69) is 65.6 Å². The van der Waals surface area contributed by atoms with Crippen molar-refractivity contribution in [1.82, 2.24) is 4.90 Å². The van der Waals surface area contributed by atoms with Gasteiger partial charge in [0.05, 0.1) is 4.92 Å². The van der Waals surface area contributed by atoms with Crippen molar-refractivity contribution in [3.63, 3.8) is 0 Å². The van der Waals surface area contributed by atoms with Crippen molar-refractivity contribution < 1.29 is 4.92 Å². The van der Waals surface area contributed by atoms with Crippen LogP contribution in [-0.4, -0.2) is 29.5 Å². The Morgan fingerprint density at radius 1 is 0.794 bits per heavy atom. The summed E-state index contributed by atoms with van der Waals surface area (Å²) in [4.78, 5) is 12.9. The van der Waals surface area contributed by atoms with E-state index in [9.17, 15) is 10.1 Å². The molecule has 5 heteroatoms. The van der Waals surface area contributed by atoms with Gasteiger partial charge >= 0.3 is 0 Å². The molecule has 0 unspecified atom stereocenters. The maximum atomic E-state index is 10.8. The van der Waals surface area contributed by atoms with Crippen LogP contribution in [-0.2, 0) is 12.8 Å². The SMILES string of the molecule is Cl.O=[N+]([O-])c1ccc(C=CCN2CCC(=C3c4ccccc4CCc4ccccc43)CC2)cc1. The zero-order valence-electron chi connectivity index (χ0n) is 19.2. The van der Waals surface area contributed by atoms with Crippen molar-refractivity contribution >= 4 is 29.7 Å². The summed E-state index contributed by atoms with van der Waals surface area (Å²) in [6.07, 6.45) is 8.59. The Balaban J connectivity index is 0.00000274. The molecule has 0 N–H and O–H groups in total. The zero-order valence-corrected chi connectivity index (χ0v) is 20.0. The van der Waals surface area contributed by atoms with E-state index >= 15 is 0 Å². The minimum Gasteiger partial charge on any atom is -0.299 e. The van der Waals surface area contributed by atoms with Crippen LogP contribution in [0.25, 0.3) is 11.6 Å². The highest BCUT2D eigenvalue weighted by Crippen LogP contribution is 2.38. The number of nitro benzene ring substituents is 1. The van der Waals surface area contributed by atoms with Crippen LogP contribution in [0.1, 0.15) is 40.7 Å². The molecule has 174 valence electrons. The van der Waals surface area contributed by atoms with Crippen LogP contribution in [0.15, 0.2) is 84.4 Å². The van der Waals surface area contributed by atoms with Crippen molar-refractivity contribution in [1.29, 1.82) is 0 Å². The van der Waals surface area contributed by atoms with Crippen LogP contribution in [0, 0.1) is 10.1 Å². The number of nitro groups is 1. The lowest BCUT2D eigenvalue weighted by Crippen LogP contribution is -2.31. The largest absolute Gasteiger partial charge is 0.299 e. The molecule has 1 fully saturated rings. The molecule has 0 bridgehead atoms. The van der Waals surface area contributed by atoms with Crippen molar-refractivity contribution in [3.8, 4) is 0 Å². The monoisotopic (exact) mass is 472 g/mol. The third-order valence-electron chi connectivity index (χ3n) is 6.83. The highest BCUT2D eigenvalue weighted by Gasteiger charge is 2.23. The summed E-state index contributed by atoms with van der Waals surface area (Å²) in [5.74, 6) is 0. The number of fused-ring (bicyclic) bond motifs is 2. The average Bonchev–Trinajstić information content (AvgIpc) is 3.02. The topological polar surface area (TPSA) is 46.4 Å². The van der Waals surface area contributed by atoms with Crippen LogP contribution in [0.4, 0.5) is 5.69 Å². The highest BCUT2D eigenvalue weighted by molar-refractivity contribution is 5.86. The second kappa shape index (κ2) is 10.8. The first kappa shape index (κ1) is 23.9. The summed E-state index contributed by atoms with van der Waals surface area (Å²) in [7, 11) is 0. The van der Waals surface area contributed by atoms with Gasteiger partial charge < -0.3 is 0 Å². The van der Waals surface area contributed by atoms with Gasteiger partial charge in [-0.1, -0.05) is 66.3 Å². The van der Waals surface area contributed by atoms with Gasteiger partial charge in [-0.3, -0.25) is 15.0 Å². The molecule has 2 aliphatic rings. The number of benzene rings is 3. The number of nitrogens with zero attached hydrogens (tertiary/aromatic N) is 2. The van der Waals surface area contributed by atoms with Gasteiger partial charge in [0.25, 0.3) is 5.69 Å². The van der Waals surface area contributed by atoms with Gasteiger partial charge in [-0.05, 0) is 71.2 Å². The molecule has 0 aromatic heterocycles. The first-order valence-electron chi connectivity index (χ1n) is 11.7. The summed E-state index contributed by atoms with van der Waals surface area (Å²) < 4.78 is 0. The second-order valence-corrected chi connectivity index (χ2v) is 8.84. The number of halogens is 1. The Morgan fingerprint density at radius 2 is 1.35 bits per heavy atom. The number of likely N-dealkylation sites (tertiary alicyclic amines) is 1. The predicted octanol–water partition coefficient (Wildman–Crippen LogP) is 6.73. The Hall–Kier alpha value is -3.21. The lowest BCUT2D eigenvalue weighted by atomic mass is 9.86. The van der Waals surface area contributed by atoms with Gasteiger partial charge in [-0.15, -0.1) is 12.4 Å². The van der Waals surface area contributed by atoms with Crippen molar-refractivity contribution in [2.45, 2.75) is 25.7 Å². The first-order chi connectivity index (χ1) is 16.2. The van der Waals surface area contributed by atoms with Crippen LogP contribution >= 0.6 is 12.4 Å². The quantitative estimate of drug-likeness (QED) is 0.312. The molecular weight excluding hydrogens is 444 g/mol. The summed E-state index contributed by atoms with van der Waals surface area (Å²) in [6.45, 7) is 2.99. The van der Waals surface area contributed by atoms with Gasteiger partial charge in [0, 0.05) is 31.8 Å². The molecule has 1 aliphatic carbocycles. The standard InChI is InChI=1S/C29H28N2O2.ClH/c32-31(33)26-15-11-22(12-16-26)6-5-19-30-20-17-25(18-21-30)29-27-9-3-1-7-23(27)13-14-24-8-2-4-10-28(24)29;/h1-12,15-16H,13-14,17-21H2;1H. The molecule has 0 saturated carbocycles. The van der Waals surface area contributed by atoms with E-state index in [0.29, 0.717) is 0 Å². The number of non-ortho nitro benzene ring substituents is 1. The highest BCUT2D eigenvalue weighted by atomic mass is 35.5. The smallest absolute Gasteiger partial charge is 0.269 e. The third-order valence-corrected chi connectivity index (χ3v) is 6.83. The van der Waals surface area contributed by atoms with Crippen molar-refractivity contribution in [2.75, 3.05) is 19.6 Å². The summed E-state index contributed by atoms with van der Waals surface area (Å²) in [6, 6.07) is 24.6. The lowest BCUT2D eigenvalue weighted by Gasteiger charge is -2.29. The van der Waals surface area contributed by atoms with Crippen molar-refractivity contribution in [2.24, 2.45) is 0 Å². The predicted molar refractivity (Wildman–Crippen MR) is 141 cm³/mol. The number of hydrogen-bond donors (Lipinski definition) is 0. The molecule has 1 heterocycles. The molecule has 3 aromatic rings. The van der Waals surface area contributed by atoms with Crippen LogP contribution < -0.4 is 0 Å². The Morgan fingerprint density at radius 3 is 1.91 bits per heavy atom. The van der Waals surface area contributed by atoms with E-state index in [1.807, 2.05) is 0 Å². The molecule has 0 radical (unpaired) electrons. The summed E-state index contributed by atoms with van der Waals surface area (Å²) in [5.41, 5.74) is 9.94. The lowest BCUT2D eigenvalue weighted by molar-refractivity contribution is -0.384. The number of rotatable bonds is 4. The molecule has 0 atom stereocenters. The van der Waals surface area contributed by atoms with Gasteiger partial charge in [-0.25, -0.2) is 0 Å². The van der Waals surface area contributed by atoms with E-state index in [4.69, 9.17) is 0 Å². The molecule has 1 saturated heterocycles. The Kier molecular flexibility index (Phi) is 7.61. The number of piperidine rings is 1. The summed E-state index contributed by atoms with van der Waals surface area (Å²) >= 11 is 0. The fourth-order valence-corrected chi connectivity index (χ4v) is 5.06. The van der Waals surface area contributed by atoms with Gasteiger partial charge in [0.1, 0.15) is 0 Å². The molecule has 3 aromatic carbocycles. The minimum absolute atomic E-state index is 0. The number of aryl methyl sites for hydroxylation is 2. The molecule has 4 nitrogen and oxygen atoms in total. The van der Waals surface area contributed by atoms with E-state index in [0.717, 1.165) is 50.9 Å². The molecule has 0 amide bonds. The zero-order chi connectivity index (χ0) is 22.6. The van der Waals surface area contributed by atoms with Crippen LogP contribution in [0.5, 0.6) is 0 Å². The Bertz CT molecular complexity index is 1170. The average molecular weight is 473 g/mol. The normalized spacial score (nSPS) is 15.9. The van der Waals surface area contributed by atoms with Gasteiger partial charge in [0.2, 0.25) is 0 Å². The number of hydrogen-bond acceptors (Lipinski definition) is 3. The fourth-order valence-electron chi connectivity index (χ4n) is 5.06. The molecule has 0 spiro atoms. The maximum absolute atomic E-state index is 10.8. The van der Waals surface area contributed by atoms with E-state index in [-0.39, 0.29) is 23.0 Å². The molecule has 5 rings (SSSR count). The fraction of sp³-hybridized carbons (Fsp3) is 0.241. The summed E-state index contributed by atoms with van der Waals surface area (Å²) in [5, 5.41) is 10.8. The molecule has 1 aliphatic heterocycles. The van der Waals surface area contributed by atoms with Gasteiger partial charge in [-0.2, -0.15) is 0 Å². The Labute approximate surface area is 207 Å². The van der Waals surface area contributed by atoms with E-state index < -0.39 is 0 Å². The maximum Gasteiger partial charge on any atom is 0.269 e. The van der Waals surface area contributed by atoms with Crippen LogP contribution in [0.2, 0.25) is 0 Å². The van der Waals surface area contributed by atoms with E-state index in [1.165, 1.54) is 27.8 Å². The van der Waals surface area contributed by atoms with Gasteiger partial charge in [0.15, 0.2) is 0 Å².